The number of ether oxygens (including phenoxy) is 5. The molecule has 3 heterocycles. The normalized spacial score (nSPS) is 15.7. The lowest BCUT2D eigenvalue weighted by Gasteiger charge is -2.39. The Balaban J connectivity index is 0.000000418. The molecular weight excluding hydrogens is 1280 g/mol. The molecule has 6 unspecified atom stereocenters. The van der Waals surface area contributed by atoms with Crippen LogP contribution in [0.3, 0.4) is 0 Å². The van der Waals surface area contributed by atoms with Crippen LogP contribution in [0.5, 0.6) is 11.5 Å². The van der Waals surface area contributed by atoms with Crippen LogP contribution in [0.4, 0.5) is 4.79 Å². The molecule has 5 rings (SSSR count). The molecule has 3 N–H and O–H groups in total. The van der Waals surface area contributed by atoms with Gasteiger partial charge in [-0.05, 0) is 139 Å². The Morgan fingerprint density at radius 3 is 2.06 bits per heavy atom. The predicted molar refractivity (Wildman–Crippen MR) is 375 cm³/mol. The van der Waals surface area contributed by atoms with Crippen molar-refractivity contribution in [2.75, 3.05) is 67.3 Å². The third-order valence-corrected chi connectivity index (χ3v) is 18.0. The molecule has 6 atom stereocenters. The topological polar surface area (TPSA) is 294 Å². The third kappa shape index (κ3) is 26.6. The highest BCUT2D eigenvalue weighted by atomic mass is 32.1. The average Bonchev–Trinajstić information content (AvgIpc) is 0.922. The predicted octanol–water partition coefficient (Wildman–Crippen LogP) is 9.41. The first-order chi connectivity index (χ1) is 46.3. The number of piperidine rings is 1. The Kier molecular flexibility index (Phi) is 34.2. The molecule has 1 aromatic heterocycles. The summed E-state index contributed by atoms with van der Waals surface area (Å²) < 4.78 is 28.2. The number of amides is 8. The minimum atomic E-state index is -1.24. The summed E-state index contributed by atoms with van der Waals surface area (Å²) in [6.07, 6.45) is 6.82. The number of carbonyl (C=O) groups is 10. The second-order valence-corrected chi connectivity index (χ2v) is 27.6. The molecule has 542 valence electrons. The molecule has 2 aliphatic rings. The van der Waals surface area contributed by atoms with Gasteiger partial charge in [-0.3, -0.25) is 57.9 Å². The molecule has 1 saturated heterocycles. The van der Waals surface area contributed by atoms with E-state index in [-0.39, 0.29) is 123 Å². The number of carbonyl (C=O) groups excluding carboxylic acids is 10. The summed E-state index contributed by atoms with van der Waals surface area (Å²) >= 11 is 1.22. The lowest BCUT2D eigenvalue weighted by molar-refractivity contribution is -0.161. The molecule has 2 aliphatic heterocycles. The van der Waals surface area contributed by atoms with Crippen molar-refractivity contribution in [3.63, 3.8) is 0 Å². The number of esters is 2. The van der Waals surface area contributed by atoms with E-state index < -0.39 is 47.7 Å². The van der Waals surface area contributed by atoms with Gasteiger partial charge in [0.25, 0.3) is 23.6 Å². The number of nitrogens with zero attached hydrogens (tertiary/aromatic N) is 7. The Bertz CT molecular complexity index is 3170. The summed E-state index contributed by atoms with van der Waals surface area (Å²) in [5.74, 6) is -2.00. The third-order valence-electron chi connectivity index (χ3n) is 17.1. The summed E-state index contributed by atoms with van der Waals surface area (Å²) in [5, 5.41) is 16.6. The minimum Gasteiger partial charge on any atom is -0.491 e. The minimum absolute atomic E-state index is 0.00711. The van der Waals surface area contributed by atoms with Crippen LogP contribution in [-0.2, 0) is 52.6 Å². The Morgan fingerprint density at radius 2 is 1.47 bits per heavy atom. The van der Waals surface area contributed by atoms with E-state index in [4.69, 9.17) is 23.7 Å². The zero-order valence-electron chi connectivity index (χ0n) is 60.7. The van der Waals surface area contributed by atoms with E-state index in [1.54, 1.807) is 50.4 Å². The van der Waals surface area contributed by atoms with Gasteiger partial charge in [-0.2, -0.15) is 5.10 Å². The van der Waals surface area contributed by atoms with Crippen LogP contribution in [0.2, 0.25) is 0 Å². The van der Waals surface area contributed by atoms with Crippen LogP contribution in [0.15, 0.2) is 71.2 Å². The highest BCUT2D eigenvalue weighted by molar-refractivity contribution is 7.09. The fourth-order valence-corrected chi connectivity index (χ4v) is 11.6. The van der Waals surface area contributed by atoms with Gasteiger partial charge in [-0.15, -0.1) is 11.3 Å². The van der Waals surface area contributed by atoms with Gasteiger partial charge in [0.1, 0.15) is 40.4 Å². The maximum atomic E-state index is 14.7. The van der Waals surface area contributed by atoms with Crippen molar-refractivity contribution in [1.82, 2.24) is 45.5 Å². The van der Waals surface area contributed by atoms with Gasteiger partial charge < -0.3 is 44.5 Å². The summed E-state index contributed by atoms with van der Waals surface area (Å²) in [6, 6.07) is 12.5. The maximum absolute atomic E-state index is 14.7. The Morgan fingerprint density at radius 1 is 0.816 bits per heavy atom. The molecule has 26 heteroatoms. The van der Waals surface area contributed by atoms with Gasteiger partial charge in [0.05, 0.1) is 25.0 Å². The number of imide groups is 1. The summed E-state index contributed by atoms with van der Waals surface area (Å²) in [7, 11) is 4.97. The van der Waals surface area contributed by atoms with Crippen molar-refractivity contribution in [3.05, 3.63) is 87.9 Å². The van der Waals surface area contributed by atoms with Gasteiger partial charge >= 0.3 is 18.0 Å². The van der Waals surface area contributed by atoms with E-state index in [9.17, 15) is 47.9 Å². The molecule has 8 amide bonds. The van der Waals surface area contributed by atoms with Crippen molar-refractivity contribution in [3.8, 4) is 11.5 Å². The zero-order valence-corrected chi connectivity index (χ0v) is 61.5. The highest BCUT2D eigenvalue weighted by Crippen LogP contribution is 2.32. The average molecular weight is 1390 g/mol. The molecule has 25 nitrogen and oxygen atoms in total. The molecule has 98 heavy (non-hydrogen) atoms. The number of aromatic nitrogens is 1. The first-order valence-electron chi connectivity index (χ1n) is 34.1. The maximum Gasteiger partial charge on any atom is 0.415 e. The monoisotopic (exact) mass is 1380 g/mol. The molecule has 0 aliphatic carbocycles. The quantitative estimate of drug-likeness (QED) is 0.0122. The lowest BCUT2D eigenvalue weighted by atomic mass is 9.92. The second kappa shape index (κ2) is 40.7. The highest BCUT2D eigenvalue weighted by Gasteiger charge is 2.41. The number of thiazole rings is 1. The molecule has 0 bridgehead atoms. The van der Waals surface area contributed by atoms with Crippen molar-refractivity contribution in [2.24, 2.45) is 28.8 Å². The van der Waals surface area contributed by atoms with Gasteiger partial charge in [0, 0.05) is 83.0 Å². The van der Waals surface area contributed by atoms with Crippen LogP contribution in [0, 0.1) is 30.6 Å². The molecule has 3 aromatic rings. The number of aryl methyl sites for hydroxylation is 1. The number of hydrazone groups is 1. The van der Waals surface area contributed by atoms with Crippen LogP contribution >= 0.6 is 11.3 Å². The lowest BCUT2D eigenvalue weighted by Crippen LogP contribution is -2.59. The number of rotatable bonds is 36. The summed E-state index contributed by atoms with van der Waals surface area (Å²) in [6.45, 7) is 28.0. The number of likely N-dealkylation sites (N-methyl/N-ethyl adjacent to an activating group) is 3. The largest absolute Gasteiger partial charge is 0.491 e. The Hall–Kier alpha value is -8.10. The van der Waals surface area contributed by atoms with Gasteiger partial charge in [0.15, 0.2) is 12.8 Å². The van der Waals surface area contributed by atoms with E-state index >= 15 is 0 Å². The standard InChI is InChI=1S/C38H65N5O7S.C34H43N5O8/c1-12-26(9)34(41-36(47)30-16-14-15-17-42(30)11)38(48)43(22-49-33(45)19-24(5)6)31(25(7)8)20-32(50-27(10)44)37-40-29(21-51-37)35(46)39-28(13-2)18-23(3)4;1-24-8-12-28(13-9-24)47-33(44)37(5)34(3,4)32(43)38(6)36-25(2)26-10-14-27(15-11-26)46-23-22-45-21-18-29(40)35-19-7-20-39-30(41)16-17-31(39)42/h21,23-26,28,30-32,34H,12-20,22H2,1-11H3,(H,39,46)(H,41,47);8-17H,7,18-23H2,1-6H3,(H,35,40)/b;36-25+. The Labute approximate surface area is 583 Å². The molecule has 0 spiro atoms. The van der Waals surface area contributed by atoms with Gasteiger partial charge in [-0.1, -0.05) is 92.9 Å². The van der Waals surface area contributed by atoms with Crippen molar-refractivity contribution >= 4 is 76.4 Å². The SMILES string of the molecule is C/C(=N\N(C)C(=O)C(C)(C)N(C)C(=O)Oc1ccc(C)cc1)c1ccc(OCCOCCC(=O)NCCCN2C(=O)C=CC2=O)cc1.CCC(CC(C)C)NC(=O)c1csc(C(CC(C(C)C)N(COC(=O)CC(C)C)C(=O)C(NC(=O)C2CCCCN2C)C(C)CC)OC(C)=O)n1. The van der Waals surface area contributed by atoms with Crippen molar-refractivity contribution in [1.29, 1.82) is 0 Å². The molecule has 0 radical (unpaired) electrons. The van der Waals surface area contributed by atoms with E-state index in [1.165, 1.54) is 59.3 Å². The second-order valence-electron chi connectivity index (χ2n) is 26.8. The van der Waals surface area contributed by atoms with Crippen LogP contribution in [0.25, 0.3) is 0 Å². The van der Waals surface area contributed by atoms with Crippen LogP contribution in [0.1, 0.15) is 187 Å². The molecular formula is C72H108N10O15S. The van der Waals surface area contributed by atoms with Crippen LogP contribution < -0.4 is 25.4 Å². The molecule has 0 saturated carbocycles. The number of benzene rings is 2. The number of hydrogen-bond donors (Lipinski definition) is 3. The number of hydrogen-bond acceptors (Lipinski definition) is 19. The van der Waals surface area contributed by atoms with Gasteiger partial charge in [0.2, 0.25) is 17.7 Å². The summed E-state index contributed by atoms with van der Waals surface area (Å²) in [5.41, 5.74) is 1.40. The summed E-state index contributed by atoms with van der Waals surface area (Å²) in [4.78, 5) is 138. The smallest absolute Gasteiger partial charge is 0.415 e. The van der Waals surface area contributed by atoms with Crippen molar-refractivity contribution in [2.45, 2.75) is 197 Å². The van der Waals surface area contributed by atoms with E-state index in [0.29, 0.717) is 53.9 Å². The molecule has 1 fully saturated rings. The molecule has 2 aromatic carbocycles. The van der Waals surface area contributed by atoms with Crippen molar-refractivity contribution < 1.29 is 71.6 Å². The first kappa shape index (κ1) is 82.3. The fourth-order valence-electron chi connectivity index (χ4n) is 10.8. The van der Waals surface area contributed by atoms with E-state index in [1.807, 2.05) is 91.6 Å². The number of nitrogens with one attached hydrogen (secondary N) is 3. The van der Waals surface area contributed by atoms with E-state index in [0.717, 1.165) is 48.3 Å². The fraction of sp³-hybridized carbons (Fsp3) is 0.611. The van der Waals surface area contributed by atoms with Crippen LogP contribution in [-0.4, -0.2) is 192 Å². The van der Waals surface area contributed by atoms with E-state index in [2.05, 4.69) is 39.9 Å². The van der Waals surface area contributed by atoms with Gasteiger partial charge in [-0.25, -0.2) is 14.8 Å². The first-order valence-corrected chi connectivity index (χ1v) is 35.0. The number of likely N-dealkylation sites (tertiary alicyclic amines) is 1. The zero-order chi connectivity index (χ0) is 73.0.